The largest absolute Gasteiger partial charge is 0.379 e. The third-order valence-electron chi connectivity index (χ3n) is 5.36. The predicted molar refractivity (Wildman–Crippen MR) is 125 cm³/mol. The van der Waals surface area contributed by atoms with Crippen LogP contribution in [0.2, 0.25) is 5.02 Å². The van der Waals surface area contributed by atoms with Crippen LogP contribution in [0.1, 0.15) is 34.1 Å². The van der Waals surface area contributed by atoms with Gasteiger partial charge in [-0.05, 0) is 30.2 Å². The average molecular weight is 460 g/mol. The van der Waals surface area contributed by atoms with Gasteiger partial charge in [0.05, 0.1) is 18.6 Å². The van der Waals surface area contributed by atoms with Gasteiger partial charge >= 0.3 is 0 Å². The van der Waals surface area contributed by atoms with E-state index in [-0.39, 0.29) is 16.9 Å². The van der Waals surface area contributed by atoms with Crippen LogP contribution in [0, 0.1) is 0 Å². The number of carbonyl (C=O) groups is 1. The molecular formula is C23H26ClN3O3S. The molecule has 3 heterocycles. The summed E-state index contributed by atoms with van der Waals surface area (Å²) < 4.78 is 7.47. The summed E-state index contributed by atoms with van der Waals surface area (Å²) in [4.78, 5) is 30.4. The van der Waals surface area contributed by atoms with Gasteiger partial charge in [0, 0.05) is 48.8 Å². The topological polar surface area (TPSA) is 63.6 Å². The van der Waals surface area contributed by atoms with Crippen molar-refractivity contribution >= 4 is 39.1 Å². The Kier molecular flexibility index (Phi) is 7.07. The minimum atomic E-state index is -0.354. The summed E-state index contributed by atoms with van der Waals surface area (Å²) in [7, 11) is 0. The molecule has 0 spiro atoms. The minimum Gasteiger partial charge on any atom is -0.379 e. The molecule has 4 rings (SSSR count). The fraction of sp³-hybridized carbons (Fsp3) is 0.391. The maximum absolute atomic E-state index is 13.2. The third-order valence-corrected chi connectivity index (χ3v) is 6.77. The van der Waals surface area contributed by atoms with Gasteiger partial charge in [-0.15, -0.1) is 11.3 Å². The smallest absolute Gasteiger partial charge is 0.257 e. The molecule has 1 N–H and O–H groups in total. The first kappa shape index (κ1) is 22.0. The van der Waals surface area contributed by atoms with Crippen molar-refractivity contribution in [3.63, 3.8) is 0 Å². The number of morpholine rings is 1. The second-order valence-corrected chi connectivity index (χ2v) is 9.25. The molecule has 31 heavy (non-hydrogen) atoms. The summed E-state index contributed by atoms with van der Waals surface area (Å²) >= 11 is 7.56. The molecule has 1 fully saturated rings. The Morgan fingerprint density at radius 2 is 1.97 bits per heavy atom. The van der Waals surface area contributed by atoms with Gasteiger partial charge in [0.2, 0.25) is 5.43 Å². The quantitative estimate of drug-likeness (QED) is 0.582. The predicted octanol–water partition coefficient (Wildman–Crippen LogP) is 3.89. The number of carbonyl (C=O) groups excluding carboxylic acids is 1. The highest BCUT2D eigenvalue weighted by molar-refractivity contribution is 7.18. The normalized spacial score (nSPS) is 14.8. The fourth-order valence-electron chi connectivity index (χ4n) is 3.73. The number of ether oxygens (including phenoxy) is 1. The van der Waals surface area contributed by atoms with Crippen LogP contribution in [0.4, 0.5) is 0 Å². The third kappa shape index (κ3) is 5.18. The van der Waals surface area contributed by atoms with E-state index in [4.69, 9.17) is 16.3 Å². The highest BCUT2D eigenvalue weighted by Crippen LogP contribution is 2.26. The number of halogens is 1. The molecule has 1 aliphatic heterocycles. The van der Waals surface area contributed by atoms with Gasteiger partial charge in [0.1, 0.15) is 10.4 Å². The number of nitrogens with one attached hydrogen (secondary N) is 1. The maximum Gasteiger partial charge on any atom is 0.257 e. The second-order valence-electron chi connectivity index (χ2n) is 7.69. The number of aryl methyl sites for hydroxylation is 1. The van der Waals surface area contributed by atoms with Crippen LogP contribution in [0.5, 0.6) is 0 Å². The van der Waals surface area contributed by atoms with Crippen LogP contribution in [0.15, 0.2) is 41.3 Å². The van der Waals surface area contributed by atoms with Crippen LogP contribution < -0.4 is 10.7 Å². The molecular weight excluding hydrogens is 434 g/mol. The number of hydrogen-bond acceptors (Lipinski definition) is 5. The van der Waals surface area contributed by atoms with E-state index >= 15 is 0 Å². The van der Waals surface area contributed by atoms with E-state index in [2.05, 4.69) is 17.1 Å². The van der Waals surface area contributed by atoms with Gasteiger partial charge in [0.15, 0.2) is 0 Å². The van der Waals surface area contributed by atoms with Crippen LogP contribution in [0.3, 0.4) is 0 Å². The Morgan fingerprint density at radius 1 is 1.23 bits per heavy atom. The number of pyridine rings is 1. The summed E-state index contributed by atoms with van der Waals surface area (Å²) in [6.07, 6.45) is 2.63. The van der Waals surface area contributed by atoms with Crippen molar-refractivity contribution in [3.05, 3.63) is 67.8 Å². The lowest BCUT2D eigenvalue weighted by Gasteiger charge is -2.25. The van der Waals surface area contributed by atoms with Crippen molar-refractivity contribution in [2.45, 2.75) is 33.0 Å². The number of hydrogen-bond donors (Lipinski definition) is 1. The van der Waals surface area contributed by atoms with E-state index in [1.54, 1.807) is 29.7 Å². The molecule has 6 nitrogen and oxygen atoms in total. The Hall–Kier alpha value is -2.19. The van der Waals surface area contributed by atoms with Gasteiger partial charge in [-0.1, -0.05) is 30.7 Å². The number of amides is 1. The molecule has 0 radical (unpaired) electrons. The molecule has 0 bridgehead atoms. The van der Waals surface area contributed by atoms with Crippen molar-refractivity contribution in [2.75, 3.05) is 26.3 Å². The molecule has 3 aromatic rings. The Morgan fingerprint density at radius 3 is 2.68 bits per heavy atom. The van der Waals surface area contributed by atoms with Crippen LogP contribution in [0.25, 0.3) is 10.2 Å². The Balaban J connectivity index is 1.60. The Labute approximate surface area is 190 Å². The minimum absolute atomic E-state index is 0.186. The number of rotatable bonds is 7. The number of thiophene rings is 1. The molecule has 164 valence electrons. The SMILES string of the molecule is CCCn1cc(C(=O)NCc2ccc(Cl)cc2)c(=O)c2cc(CN3CCOCC3)sc21. The van der Waals surface area contributed by atoms with E-state index in [9.17, 15) is 9.59 Å². The molecule has 1 amide bonds. The lowest BCUT2D eigenvalue weighted by molar-refractivity contribution is 0.0346. The van der Waals surface area contributed by atoms with Gasteiger partial charge in [0.25, 0.3) is 5.91 Å². The van der Waals surface area contributed by atoms with E-state index < -0.39 is 0 Å². The van der Waals surface area contributed by atoms with Crippen LogP contribution in [-0.4, -0.2) is 41.7 Å². The number of benzene rings is 1. The van der Waals surface area contributed by atoms with Gasteiger partial charge in [-0.3, -0.25) is 14.5 Å². The standard InChI is InChI=1S/C23H26ClN3O3S/c1-2-7-27-15-20(22(29)25-13-16-3-5-17(24)6-4-16)21(28)19-12-18(31-23(19)27)14-26-8-10-30-11-9-26/h3-6,12,15H,2,7-11,13-14H2,1H3,(H,25,29). The summed E-state index contributed by atoms with van der Waals surface area (Å²) in [5.41, 5.74) is 0.905. The lowest BCUT2D eigenvalue weighted by atomic mass is 10.1. The van der Waals surface area contributed by atoms with E-state index in [1.807, 2.05) is 22.8 Å². The zero-order valence-electron chi connectivity index (χ0n) is 17.5. The van der Waals surface area contributed by atoms with Gasteiger partial charge in [-0.2, -0.15) is 0 Å². The van der Waals surface area contributed by atoms with Crippen LogP contribution >= 0.6 is 22.9 Å². The van der Waals surface area contributed by atoms with E-state index in [0.717, 1.165) is 61.1 Å². The van der Waals surface area contributed by atoms with Crippen LogP contribution in [-0.2, 0) is 24.4 Å². The van der Waals surface area contributed by atoms with Crippen molar-refractivity contribution in [2.24, 2.45) is 0 Å². The molecule has 1 aromatic carbocycles. The molecule has 8 heteroatoms. The second kappa shape index (κ2) is 9.96. The zero-order valence-corrected chi connectivity index (χ0v) is 19.1. The molecule has 1 aliphatic rings. The molecule has 0 aliphatic carbocycles. The van der Waals surface area contributed by atoms with Gasteiger partial charge < -0.3 is 14.6 Å². The zero-order chi connectivity index (χ0) is 21.8. The highest BCUT2D eigenvalue weighted by Gasteiger charge is 2.19. The highest BCUT2D eigenvalue weighted by atomic mass is 35.5. The Bertz CT molecular complexity index is 1120. The first-order chi connectivity index (χ1) is 15.0. The summed E-state index contributed by atoms with van der Waals surface area (Å²) in [6, 6.07) is 9.24. The van der Waals surface area contributed by atoms with Crippen molar-refractivity contribution in [3.8, 4) is 0 Å². The van der Waals surface area contributed by atoms with E-state index in [1.165, 1.54) is 0 Å². The van der Waals surface area contributed by atoms with Crippen molar-refractivity contribution in [1.29, 1.82) is 0 Å². The number of fused-ring (bicyclic) bond motifs is 1. The molecule has 1 saturated heterocycles. The average Bonchev–Trinajstić information content (AvgIpc) is 3.20. The van der Waals surface area contributed by atoms with E-state index in [0.29, 0.717) is 17.0 Å². The number of aromatic nitrogens is 1. The molecule has 2 aromatic heterocycles. The maximum atomic E-state index is 13.2. The summed E-state index contributed by atoms with van der Waals surface area (Å²) in [5.74, 6) is -0.354. The first-order valence-electron chi connectivity index (χ1n) is 10.5. The molecule has 0 saturated carbocycles. The summed E-state index contributed by atoms with van der Waals surface area (Å²) in [5, 5.41) is 4.14. The first-order valence-corrected chi connectivity index (χ1v) is 11.7. The van der Waals surface area contributed by atoms with Gasteiger partial charge in [-0.25, -0.2) is 0 Å². The number of nitrogens with zero attached hydrogens (tertiary/aromatic N) is 2. The molecule has 0 unspecified atom stereocenters. The summed E-state index contributed by atoms with van der Waals surface area (Å²) in [6.45, 7) is 7.26. The van der Waals surface area contributed by atoms with Crippen molar-refractivity contribution < 1.29 is 9.53 Å². The monoisotopic (exact) mass is 459 g/mol. The molecule has 0 atom stereocenters. The fourth-order valence-corrected chi connectivity index (χ4v) is 5.05. The van der Waals surface area contributed by atoms with Crippen molar-refractivity contribution in [1.82, 2.24) is 14.8 Å². The lowest BCUT2D eigenvalue weighted by Crippen LogP contribution is -2.35.